The van der Waals surface area contributed by atoms with Gasteiger partial charge in [-0.3, -0.25) is 4.98 Å². The molecule has 0 bridgehead atoms. The summed E-state index contributed by atoms with van der Waals surface area (Å²) in [6, 6.07) is 16.7. The topological polar surface area (TPSA) is 113 Å². The van der Waals surface area contributed by atoms with Crippen molar-refractivity contribution in [1.29, 1.82) is 0 Å². The first-order valence-electron chi connectivity index (χ1n) is 12.2. The summed E-state index contributed by atoms with van der Waals surface area (Å²) in [6.07, 6.45) is 1.18. The standard InChI is InChI=1S/C28H27ClN6O4/c1-28(2,3)39-27(36)31-15-18-6-5-17(13-21(18)29)22-9-10-25-32-33-26(35(25)34-22)16-38-24-11-12-30-23-14-19(37-4)7-8-20(23)24/h5-14H,15-16H2,1-4H3,(H,31,36). The van der Waals surface area contributed by atoms with Gasteiger partial charge in [0.1, 0.15) is 23.7 Å². The molecule has 0 aliphatic heterocycles. The van der Waals surface area contributed by atoms with Crippen molar-refractivity contribution in [3.8, 4) is 22.8 Å². The molecule has 200 valence electrons. The van der Waals surface area contributed by atoms with Crippen molar-refractivity contribution in [2.45, 2.75) is 39.5 Å². The summed E-state index contributed by atoms with van der Waals surface area (Å²) in [5, 5.41) is 17.3. The van der Waals surface area contributed by atoms with Gasteiger partial charge in [-0.1, -0.05) is 23.7 Å². The van der Waals surface area contributed by atoms with E-state index in [9.17, 15) is 4.79 Å². The number of methoxy groups -OCH3 is 1. The third-order valence-corrected chi connectivity index (χ3v) is 6.12. The highest BCUT2D eigenvalue weighted by molar-refractivity contribution is 6.31. The third kappa shape index (κ3) is 6.01. The number of hydrogen-bond acceptors (Lipinski definition) is 8. The number of carbonyl (C=O) groups is 1. The number of alkyl carbamates (subject to hydrolysis) is 1. The van der Waals surface area contributed by atoms with E-state index in [0.717, 1.165) is 27.8 Å². The van der Waals surface area contributed by atoms with Gasteiger partial charge in [0, 0.05) is 34.8 Å². The maximum Gasteiger partial charge on any atom is 0.407 e. The van der Waals surface area contributed by atoms with Gasteiger partial charge in [-0.2, -0.15) is 9.61 Å². The number of ether oxygens (including phenoxy) is 3. The van der Waals surface area contributed by atoms with Gasteiger partial charge < -0.3 is 19.5 Å². The number of rotatable bonds is 7. The van der Waals surface area contributed by atoms with Crippen LogP contribution >= 0.6 is 11.6 Å². The van der Waals surface area contributed by atoms with Crippen LogP contribution in [0, 0.1) is 0 Å². The molecule has 2 aromatic carbocycles. The van der Waals surface area contributed by atoms with Gasteiger partial charge in [0.15, 0.2) is 11.5 Å². The molecule has 39 heavy (non-hydrogen) atoms. The molecule has 0 saturated carbocycles. The van der Waals surface area contributed by atoms with E-state index in [0.29, 0.717) is 27.9 Å². The summed E-state index contributed by atoms with van der Waals surface area (Å²) >= 11 is 6.52. The van der Waals surface area contributed by atoms with Crippen molar-refractivity contribution in [2.24, 2.45) is 0 Å². The summed E-state index contributed by atoms with van der Waals surface area (Å²) in [6.45, 7) is 5.82. The molecule has 0 aliphatic rings. The van der Waals surface area contributed by atoms with Gasteiger partial charge in [0.25, 0.3) is 0 Å². The number of benzene rings is 2. The molecule has 0 radical (unpaired) electrons. The molecule has 3 aromatic heterocycles. The second-order valence-corrected chi connectivity index (χ2v) is 10.2. The molecule has 0 spiro atoms. The number of fused-ring (bicyclic) bond motifs is 2. The maximum absolute atomic E-state index is 12.0. The molecule has 0 aliphatic carbocycles. The molecule has 0 fully saturated rings. The average Bonchev–Trinajstić information content (AvgIpc) is 3.32. The fourth-order valence-corrected chi connectivity index (χ4v) is 4.15. The lowest BCUT2D eigenvalue weighted by Crippen LogP contribution is -2.32. The Kier molecular flexibility index (Phi) is 7.21. The van der Waals surface area contributed by atoms with Crippen molar-refractivity contribution < 1.29 is 19.0 Å². The minimum absolute atomic E-state index is 0.152. The first-order chi connectivity index (χ1) is 18.7. The molecule has 1 N–H and O–H groups in total. The van der Waals surface area contributed by atoms with E-state index in [2.05, 4.69) is 20.5 Å². The highest BCUT2D eigenvalue weighted by atomic mass is 35.5. The van der Waals surface area contributed by atoms with E-state index in [4.69, 9.17) is 30.9 Å². The van der Waals surface area contributed by atoms with E-state index in [1.807, 2.05) is 63.2 Å². The highest BCUT2D eigenvalue weighted by Crippen LogP contribution is 2.28. The highest BCUT2D eigenvalue weighted by Gasteiger charge is 2.17. The zero-order chi connectivity index (χ0) is 27.6. The Bertz CT molecular complexity index is 1660. The molecule has 5 rings (SSSR count). The van der Waals surface area contributed by atoms with Crippen LogP contribution in [-0.2, 0) is 17.9 Å². The maximum atomic E-state index is 12.0. The lowest BCUT2D eigenvalue weighted by atomic mass is 10.1. The van der Waals surface area contributed by atoms with Gasteiger partial charge in [0.05, 0.1) is 18.3 Å². The van der Waals surface area contributed by atoms with Crippen molar-refractivity contribution in [3.63, 3.8) is 0 Å². The fraction of sp³-hybridized carbons (Fsp3) is 0.250. The second-order valence-electron chi connectivity index (χ2n) is 9.75. The van der Waals surface area contributed by atoms with Gasteiger partial charge in [-0.05, 0) is 62.7 Å². The Balaban J connectivity index is 1.33. The summed E-state index contributed by atoms with van der Waals surface area (Å²) in [5.74, 6) is 1.92. The van der Waals surface area contributed by atoms with Crippen molar-refractivity contribution >= 4 is 34.2 Å². The number of amides is 1. The minimum atomic E-state index is -0.575. The second kappa shape index (κ2) is 10.7. The van der Waals surface area contributed by atoms with Gasteiger partial charge >= 0.3 is 6.09 Å². The van der Waals surface area contributed by atoms with Gasteiger partial charge in [-0.15, -0.1) is 10.2 Å². The van der Waals surface area contributed by atoms with Gasteiger partial charge in [0.2, 0.25) is 0 Å². The summed E-state index contributed by atoms with van der Waals surface area (Å²) in [4.78, 5) is 16.4. The first kappa shape index (κ1) is 26.2. The van der Waals surface area contributed by atoms with Crippen LogP contribution in [0.1, 0.15) is 32.2 Å². The normalized spacial score (nSPS) is 11.5. The predicted molar refractivity (Wildman–Crippen MR) is 147 cm³/mol. The molecular formula is C28H27ClN6O4. The zero-order valence-corrected chi connectivity index (χ0v) is 22.7. The van der Waals surface area contributed by atoms with Crippen LogP contribution in [-0.4, -0.2) is 43.6 Å². The van der Waals surface area contributed by atoms with Crippen LogP contribution in [0.3, 0.4) is 0 Å². The monoisotopic (exact) mass is 546 g/mol. The Morgan fingerprint density at radius 3 is 2.67 bits per heavy atom. The van der Waals surface area contributed by atoms with Crippen LogP contribution in [0.15, 0.2) is 60.8 Å². The number of halogens is 1. The van der Waals surface area contributed by atoms with Crippen LogP contribution in [0.5, 0.6) is 11.5 Å². The fourth-order valence-electron chi connectivity index (χ4n) is 3.91. The summed E-state index contributed by atoms with van der Waals surface area (Å²) in [7, 11) is 1.62. The predicted octanol–water partition coefficient (Wildman–Crippen LogP) is 5.61. The molecule has 5 aromatic rings. The molecule has 0 atom stereocenters. The van der Waals surface area contributed by atoms with Crippen molar-refractivity contribution in [2.75, 3.05) is 7.11 Å². The minimum Gasteiger partial charge on any atom is -0.497 e. The number of hydrogen-bond donors (Lipinski definition) is 1. The van der Waals surface area contributed by atoms with Crippen molar-refractivity contribution in [3.05, 3.63) is 77.2 Å². The Labute approximate surface area is 229 Å². The summed E-state index contributed by atoms with van der Waals surface area (Å²) in [5.41, 5.74) is 3.02. The Hall–Kier alpha value is -4.44. The Morgan fingerprint density at radius 2 is 1.90 bits per heavy atom. The third-order valence-electron chi connectivity index (χ3n) is 5.76. The SMILES string of the molecule is COc1ccc2c(OCc3nnc4ccc(-c5ccc(CNC(=O)OC(C)(C)C)c(Cl)c5)nn34)ccnc2c1. The number of carbonyl (C=O) groups excluding carboxylic acids is 1. The smallest absolute Gasteiger partial charge is 0.407 e. The quantitative estimate of drug-likeness (QED) is 0.280. The zero-order valence-electron chi connectivity index (χ0n) is 21.9. The van der Waals surface area contributed by atoms with Crippen LogP contribution in [0.25, 0.3) is 27.8 Å². The largest absolute Gasteiger partial charge is 0.497 e. The molecule has 1 amide bonds. The number of nitrogens with one attached hydrogen (secondary N) is 1. The molecule has 11 heteroatoms. The van der Waals surface area contributed by atoms with Crippen LogP contribution in [0.2, 0.25) is 5.02 Å². The van der Waals surface area contributed by atoms with Gasteiger partial charge in [-0.25, -0.2) is 4.79 Å². The van der Waals surface area contributed by atoms with E-state index in [1.165, 1.54) is 0 Å². The molecule has 0 unspecified atom stereocenters. The number of nitrogens with zero attached hydrogens (tertiary/aromatic N) is 5. The van der Waals surface area contributed by atoms with E-state index < -0.39 is 11.7 Å². The van der Waals surface area contributed by atoms with E-state index in [-0.39, 0.29) is 13.2 Å². The number of aromatic nitrogens is 5. The van der Waals surface area contributed by atoms with Crippen molar-refractivity contribution in [1.82, 2.24) is 30.1 Å². The lowest BCUT2D eigenvalue weighted by Gasteiger charge is -2.19. The van der Waals surface area contributed by atoms with Crippen LogP contribution < -0.4 is 14.8 Å². The first-order valence-corrected chi connectivity index (χ1v) is 12.6. The Morgan fingerprint density at radius 1 is 1.05 bits per heavy atom. The van der Waals surface area contributed by atoms with E-state index >= 15 is 0 Å². The molecule has 0 saturated heterocycles. The molecular weight excluding hydrogens is 520 g/mol. The van der Waals surface area contributed by atoms with E-state index in [1.54, 1.807) is 30.0 Å². The average molecular weight is 547 g/mol. The number of pyridine rings is 1. The molecule has 3 heterocycles. The molecule has 10 nitrogen and oxygen atoms in total. The van der Waals surface area contributed by atoms with Crippen LogP contribution in [0.4, 0.5) is 4.79 Å². The summed E-state index contributed by atoms with van der Waals surface area (Å²) < 4.78 is 18.3. The lowest BCUT2D eigenvalue weighted by molar-refractivity contribution is 0.0523.